The Morgan fingerprint density at radius 1 is 1.19 bits per heavy atom. The zero-order valence-electron chi connectivity index (χ0n) is 13.9. The third-order valence-electron chi connectivity index (χ3n) is 3.21. The van der Waals surface area contributed by atoms with Gasteiger partial charge in [-0.15, -0.1) is 10.2 Å². The van der Waals surface area contributed by atoms with E-state index in [0.717, 1.165) is 0 Å². The number of nitrogens with one attached hydrogen (secondary N) is 2. The number of carbonyl (C=O) groups is 1. The average molecular weight is 423 g/mol. The van der Waals surface area contributed by atoms with Crippen molar-refractivity contribution < 1.29 is 13.2 Å². The second kappa shape index (κ2) is 8.41. The van der Waals surface area contributed by atoms with Crippen molar-refractivity contribution in [3.05, 3.63) is 48.2 Å². The molecule has 0 radical (unpaired) electrons. The summed E-state index contributed by atoms with van der Waals surface area (Å²) in [6.45, 7) is 1.75. The predicted octanol–water partition coefficient (Wildman–Crippen LogP) is 2.25. The van der Waals surface area contributed by atoms with Crippen LogP contribution in [0.3, 0.4) is 0 Å². The smallest absolute Gasteiger partial charge is 0.264 e. The maximum Gasteiger partial charge on any atom is 0.264 e. The number of carbonyl (C=O) groups excluding carboxylic acids is 1. The maximum atomic E-state index is 12.3. The Kier molecular flexibility index (Phi) is 5.98. The minimum atomic E-state index is -3.81. The van der Waals surface area contributed by atoms with Gasteiger partial charge in [-0.1, -0.05) is 23.1 Å². The van der Waals surface area contributed by atoms with Crippen molar-refractivity contribution in [2.24, 2.45) is 0 Å². The van der Waals surface area contributed by atoms with E-state index in [1.807, 2.05) is 0 Å². The van der Waals surface area contributed by atoms with E-state index in [2.05, 4.69) is 30.2 Å². The topological polar surface area (TPSA) is 127 Å². The number of benzene rings is 1. The number of hydrogen-bond acceptors (Lipinski definition) is 9. The third kappa shape index (κ3) is 5.21. The highest BCUT2D eigenvalue weighted by Crippen LogP contribution is 2.25. The van der Waals surface area contributed by atoms with E-state index >= 15 is 0 Å². The van der Waals surface area contributed by atoms with Crippen LogP contribution in [0.4, 0.5) is 11.6 Å². The normalized spacial score (nSPS) is 12.3. The summed E-state index contributed by atoms with van der Waals surface area (Å²) < 4.78 is 27.6. The van der Waals surface area contributed by atoms with Crippen molar-refractivity contribution in [2.75, 3.05) is 10.0 Å². The highest BCUT2D eigenvalue weighted by molar-refractivity contribution is 8.02. The fourth-order valence-corrected chi connectivity index (χ4v) is 4.50. The molecule has 140 valence electrons. The summed E-state index contributed by atoms with van der Waals surface area (Å²) in [6.07, 6.45) is 2.87. The van der Waals surface area contributed by atoms with Gasteiger partial charge < -0.3 is 5.32 Å². The Bertz CT molecular complexity index is 995. The molecule has 0 aliphatic carbocycles. The number of amides is 1. The van der Waals surface area contributed by atoms with Gasteiger partial charge in [-0.05, 0) is 37.3 Å². The molecule has 3 rings (SSSR count). The van der Waals surface area contributed by atoms with Gasteiger partial charge in [0.2, 0.25) is 11.9 Å². The van der Waals surface area contributed by atoms with Crippen molar-refractivity contribution in [3.63, 3.8) is 0 Å². The molecular weight excluding hydrogens is 408 g/mol. The molecule has 0 fully saturated rings. The summed E-state index contributed by atoms with van der Waals surface area (Å²) in [7, 11) is -3.81. The molecule has 2 aromatic heterocycles. The molecule has 0 spiro atoms. The molecule has 12 heteroatoms. The van der Waals surface area contributed by atoms with Crippen molar-refractivity contribution in [2.45, 2.75) is 21.4 Å². The zero-order valence-corrected chi connectivity index (χ0v) is 16.4. The molecule has 0 saturated heterocycles. The third-order valence-corrected chi connectivity index (χ3v) is 6.47. The van der Waals surface area contributed by atoms with Gasteiger partial charge in [-0.2, -0.15) is 0 Å². The molecule has 1 amide bonds. The Balaban J connectivity index is 1.63. The van der Waals surface area contributed by atoms with Crippen LogP contribution >= 0.6 is 23.1 Å². The first-order valence-corrected chi connectivity index (χ1v) is 10.8. The van der Waals surface area contributed by atoms with Crippen molar-refractivity contribution in [3.8, 4) is 0 Å². The van der Waals surface area contributed by atoms with E-state index in [9.17, 15) is 13.2 Å². The lowest BCUT2D eigenvalue weighted by atomic mass is 10.3. The second-order valence-electron chi connectivity index (χ2n) is 5.16. The van der Waals surface area contributed by atoms with E-state index in [1.54, 1.807) is 18.5 Å². The minimum absolute atomic E-state index is 0.0163. The van der Waals surface area contributed by atoms with Gasteiger partial charge in [0, 0.05) is 18.1 Å². The van der Waals surface area contributed by atoms with E-state index in [0.29, 0.717) is 10.0 Å². The van der Waals surface area contributed by atoms with Crippen LogP contribution in [0.15, 0.2) is 57.5 Å². The van der Waals surface area contributed by atoms with Crippen molar-refractivity contribution in [1.82, 2.24) is 20.2 Å². The van der Waals surface area contributed by atoms with Gasteiger partial charge in [-0.25, -0.2) is 23.1 Å². The number of thioether (sulfide) groups is 1. The number of aromatic nitrogens is 4. The Morgan fingerprint density at radius 2 is 1.89 bits per heavy atom. The Labute approximate surface area is 163 Å². The lowest BCUT2D eigenvalue weighted by Gasteiger charge is -2.11. The lowest BCUT2D eigenvalue weighted by molar-refractivity contribution is -0.115. The molecule has 2 heterocycles. The van der Waals surface area contributed by atoms with Gasteiger partial charge in [0.25, 0.3) is 10.0 Å². The second-order valence-corrected chi connectivity index (χ2v) is 9.26. The van der Waals surface area contributed by atoms with Crippen LogP contribution in [0.2, 0.25) is 0 Å². The van der Waals surface area contributed by atoms with Crippen LogP contribution in [0, 0.1) is 0 Å². The minimum Gasteiger partial charge on any atom is -0.325 e. The number of rotatable bonds is 7. The molecule has 0 saturated carbocycles. The molecule has 1 aromatic carbocycles. The first kappa shape index (κ1) is 19.2. The van der Waals surface area contributed by atoms with E-state index in [-0.39, 0.29) is 22.0 Å². The average Bonchev–Trinajstić information content (AvgIpc) is 3.15. The van der Waals surface area contributed by atoms with Gasteiger partial charge in [-0.3, -0.25) is 4.79 Å². The van der Waals surface area contributed by atoms with Crippen molar-refractivity contribution in [1.29, 1.82) is 0 Å². The van der Waals surface area contributed by atoms with Gasteiger partial charge in [0.1, 0.15) is 5.51 Å². The quantitative estimate of drug-likeness (QED) is 0.555. The standard InChI is InChI=1S/C15H14N6O3S3/c1-10(26-15-20-18-9-25-15)13(22)19-11-3-5-12(6-4-11)27(23,24)21-14-16-7-2-8-17-14/h2-10H,1H3,(H,19,22)(H,16,17,21)/t10-/m0/s1. The van der Waals surface area contributed by atoms with Crippen LogP contribution in [-0.2, 0) is 14.8 Å². The Hall–Kier alpha value is -2.57. The summed E-state index contributed by atoms with van der Waals surface area (Å²) in [5.41, 5.74) is 2.08. The van der Waals surface area contributed by atoms with E-state index < -0.39 is 10.0 Å². The fourth-order valence-electron chi connectivity index (χ4n) is 1.91. The summed E-state index contributed by atoms with van der Waals surface area (Å²) in [5, 5.41) is 9.97. The molecule has 0 bridgehead atoms. The largest absolute Gasteiger partial charge is 0.325 e. The zero-order chi connectivity index (χ0) is 19.3. The Morgan fingerprint density at radius 3 is 2.52 bits per heavy atom. The van der Waals surface area contributed by atoms with Crippen LogP contribution in [-0.4, -0.2) is 39.7 Å². The van der Waals surface area contributed by atoms with E-state index in [1.165, 1.54) is 59.8 Å². The van der Waals surface area contributed by atoms with Crippen molar-refractivity contribution >= 4 is 50.7 Å². The molecule has 1 atom stereocenters. The number of hydrogen-bond donors (Lipinski definition) is 2. The molecule has 2 N–H and O–H groups in total. The van der Waals surface area contributed by atoms with E-state index in [4.69, 9.17) is 0 Å². The highest BCUT2D eigenvalue weighted by atomic mass is 32.2. The number of nitrogens with zero attached hydrogens (tertiary/aromatic N) is 4. The van der Waals surface area contributed by atoms with Crippen LogP contribution < -0.4 is 10.0 Å². The van der Waals surface area contributed by atoms with Gasteiger partial charge >= 0.3 is 0 Å². The fraction of sp³-hybridized carbons (Fsp3) is 0.133. The van der Waals surface area contributed by atoms with Crippen LogP contribution in [0.5, 0.6) is 0 Å². The SMILES string of the molecule is C[C@H](Sc1nncs1)C(=O)Nc1ccc(S(=O)(=O)Nc2ncccn2)cc1. The van der Waals surface area contributed by atoms with Crippen LogP contribution in [0.1, 0.15) is 6.92 Å². The van der Waals surface area contributed by atoms with Gasteiger partial charge in [0.15, 0.2) is 4.34 Å². The molecule has 3 aromatic rings. The maximum absolute atomic E-state index is 12.3. The summed E-state index contributed by atoms with van der Waals surface area (Å²) in [6, 6.07) is 7.40. The summed E-state index contributed by atoms with van der Waals surface area (Å²) in [4.78, 5) is 19.9. The predicted molar refractivity (Wildman–Crippen MR) is 103 cm³/mol. The molecule has 0 aliphatic heterocycles. The van der Waals surface area contributed by atoms with Crippen LogP contribution in [0.25, 0.3) is 0 Å². The molecular formula is C15H14N6O3S3. The first-order valence-electron chi connectivity index (χ1n) is 7.57. The molecule has 0 unspecified atom stereocenters. The number of sulfonamides is 1. The van der Waals surface area contributed by atoms with Gasteiger partial charge in [0.05, 0.1) is 10.1 Å². The lowest BCUT2D eigenvalue weighted by Crippen LogP contribution is -2.22. The molecule has 27 heavy (non-hydrogen) atoms. The molecule has 9 nitrogen and oxygen atoms in total. The first-order chi connectivity index (χ1) is 12.9. The number of anilines is 2. The highest BCUT2D eigenvalue weighted by Gasteiger charge is 2.18. The molecule has 0 aliphatic rings. The monoisotopic (exact) mass is 422 g/mol. The summed E-state index contributed by atoms with van der Waals surface area (Å²) >= 11 is 2.66. The summed E-state index contributed by atoms with van der Waals surface area (Å²) in [5.74, 6) is -0.237.